The average molecular weight is 1420 g/mol. The number of esters is 4. The fourth-order valence-corrected chi connectivity index (χ4v) is 11.1. The van der Waals surface area contributed by atoms with E-state index < -0.39 is 97.5 Å². The van der Waals surface area contributed by atoms with Crippen LogP contribution in [-0.2, 0) is 65.4 Å². The molecule has 0 fully saturated rings. The van der Waals surface area contributed by atoms with Crippen molar-refractivity contribution in [1.82, 2.24) is 0 Å². The smallest absolute Gasteiger partial charge is 0.462 e. The van der Waals surface area contributed by atoms with E-state index in [4.69, 9.17) is 37.0 Å². The fourth-order valence-electron chi connectivity index (χ4n) is 9.54. The Labute approximate surface area is 593 Å². The van der Waals surface area contributed by atoms with Crippen molar-refractivity contribution in [3.8, 4) is 0 Å². The Bertz CT molecular complexity index is 2380. The van der Waals surface area contributed by atoms with Crippen molar-refractivity contribution in [1.29, 1.82) is 0 Å². The van der Waals surface area contributed by atoms with Crippen LogP contribution < -0.4 is 0 Å². The molecule has 0 saturated heterocycles. The van der Waals surface area contributed by atoms with Crippen LogP contribution in [0.4, 0.5) is 0 Å². The summed E-state index contributed by atoms with van der Waals surface area (Å²) in [5.41, 5.74) is 0. The van der Waals surface area contributed by atoms with Gasteiger partial charge in [0.25, 0.3) is 0 Å². The molecule has 98 heavy (non-hydrogen) atoms. The maximum Gasteiger partial charge on any atom is 0.472 e. The first kappa shape index (κ1) is 93.2. The summed E-state index contributed by atoms with van der Waals surface area (Å²) in [7, 11) is -10.0. The number of allylic oxidation sites excluding steroid dienone is 20. The van der Waals surface area contributed by atoms with Gasteiger partial charge in [0.2, 0.25) is 0 Å². The Morgan fingerprint density at radius 2 is 0.582 bits per heavy atom. The predicted octanol–water partition coefficient (Wildman–Crippen LogP) is 21.3. The quantitative estimate of drug-likeness (QED) is 0.0169. The summed E-state index contributed by atoms with van der Waals surface area (Å²) in [5, 5.41) is 10.6. The van der Waals surface area contributed by atoms with Crippen LogP contribution in [-0.4, -0.2) is 96.7 Å². The molecule has 19 heteroatoms. The molecule has 0 aromatic heterocycles. The van der Waals surface area contributed by atoms with Crippen molar-refractivity contribution >= 4 is 39.5 Å². The molecule has 3 N–H and O–H groups in total. The number of ether oxygens (including phenoxy) is 4. The van der Waals surface area contributed by atoms with E-state index in [1.54, 1.807) is 18.2 Å². The van der Waals surface area contributed by atoms with Gasteiger partial charge in [-0.25, -0.2) is 9.13 Å². The summed E-state index contributed by atoms with van der Waals surface area (Å²) in [5.74, 6) is -2.48. The van der Waals surface area contributed by atoms with Crippen molar-refractivity contribution in [2.24, 2.45) is 0 Å². The van der Waals surface area contributed by atoms with Gasteiger partial charge in [-0.2, -0.15) is 0 Å². The van der Waals surface area contributed by atoms with Gasteiger partial charge in [0.05, 0.1) is 39.3 Å². The first-order valence-electron chi connectivity index (χ1n) is 37.4. The fraction of sp³-hybridized carbons (Fsp3) is 0.671. The molecule has 0 heterocycles. The average Bonchev–Trinajstić information content (AvgIpc) is 1.04. The van der Waals surface area contributed by atoms with Crippen molar-refractivity contribution in [3.05, 3.63) is 134 Å². The van der Waals surface area contributed by atoms with Gasteiger partial charge >= 0.3 is 39.5 Å². The van der Waals surface area contributed by atoms with Crippen molar-refractivity contribution < 1.29 is 80.2 Å². The summed E-state index contributed by atoms with van der Waals surface area (Å²) in [6, 6.07) is 0. The van der Waals surface area contributed by atoms with Gasteiger partial charge in [-0.05, 0) is 103 Å². The highest BCUT2D eigenvalue weighted by molar-refractivity contribution is 7.47. The molecule has 0 saturated carbocycles. The second kappa shape index (κ2) is 70.6. The Morgan fingerprint density at radius 3 is 0.939 bits per heavy atom. The van der Waals surface area contributed by atoms with Crippen LogP contribution >= 0.6 is 15.6 Å². The van der Waals surface area contributed by atoms with Gasteiger partial charge in [0.1, 0.15) is 19.3 Å². The van der Waals surface area contributed by atoms with E-state index in [-0.39, 0.29) is 25.7 Å². The number of unbranched alkanes of at least 4 members (excludes halogenated alkanes) is 23. The number of hydrogen-bond acceptors (Lipinski definition) is 15. The minimum Gasteiger partial charge on any atom is -0.462 e. The first-order chi connectivity index (χ1) is 47.7. The minimum absolute atomic E-state index is 0.0898. The largest absolute Gasteiger partial charge is 0.472 e. The molecule has 17 nitrogen and oxygen atoms in total. The van der Waals surface area contributed by atoms with E-state index in [2.05, 4.69) is 113 Å². The highest BCUT2D eigenvalue weighted by Gasteiger charge is 2.30. The van der Waals surface area contributed by atoms with Gasteiger partial charge in [0.15, 0.2) is 12.2 Å². The summed E-state index contributed by atoms with van der Waals surface area (Å²) >= 11 is 0. The summed E-state index contributed by atoms with van der Waals surface area (Å²) < 4.78 is 68.1. The molecule has 0 aliphatic carbocycles. The van der Waals surface area contributed by atoms with Crippen molar-refractivity contribution in [3.63, 3.8) is 0 Å². The number of phosphoric ester groups is 2. The second-order valence-electron chi connectivity index (χ2n) is 24.5. The maximum atomic E-state index is 13.1. The molecule has 0 rings (SSSR count). The summed E-state index contributed by atoms with van der Waals surface area (Å²) in [4.78, 5) is 72.6. The lowest BCUT2D eigenvalue weighted by atomic mass is 10.0. The third-order valence-corrected chi connectivity index (χ3v) is 17.1. The number of aliphatic hydroxyl groups is 1. The molecule has 0 spiro atoms. The van der Waals surface area contributed by atoms with E-state index in [0.717, 1.165) is 116 Å². The summed E-state index contributed by atoms with van der Waals surface area (Å²) in [6.45, 7) is 4.39. The zero-order valence-corrected chi connectivity index (χ0v) is 62.7. The SMILES string of the molecule is CC/C=C\C/C=C\C/C=C\C/C=C\C/C=C\CC(=O)OCC(COP(=O)(O)OCC(O)COP(=O)(O)OCC(COC(=O)CCCCCCC/C=C\CCCCCCCC)OC(=O)CCCCCCCCCCCCCCC)OC(=O)C/C=C\C/C=C\C/C=C\C/C=C\C/C=C\CC. The normalized spacial score (nSPS) is 14.7. The van der Waals surface area contributed by atoms with Gasteiger partial charge in [-0.15, -0.1) is 0 Å². The topological polar surface area (TPSA) is 237 Å². The van der Waals surface area contributed by atoms with E-state index in [1.807, 2.05) is 30.4 Å². The zero-order valence-electron chi connectivity index (χ0n) is 60.9. The number of carbonyl (C=O) groups is 4. The lowest BCUT2D eigenvalue weighted by Gasteiger charge is -2.21. The number of hydrogen-bond donors (Lipinski definition) is 3. The van der Waals surface area contributed by atoms with E-state index in [1.165, 1.54) is 89.9 Å². The number of carbonyl (C=O) groups excluding carboxylic acids is 4. The molecule has 0 bridgehead atoms. The lowest BCUT2D eigenvalue weighted by Crippen LogP contribution is -2.30. The molecular weight excluding hydrogens is 1280 g/mol. The van der Waals surface area contributed by atoms with Crippen molar-refractivity contribution in [2.75, 3.05) is 39.6 Å². The highest BCUT2D eigenvalue weighted by Crippen LogP contribution is 2.45. The van der Waals surface area contributed by atoms with E-state index in [0.29, 0.717) is 25.7 Å². The Kier molecular flexibility index (Phi) is 67.2. The lowest BCUT2D eigenvalue weighted by molar-refractivity contribution is -0.161. The maximum absolute atomic E-state index is 13.1. The second-order valence-corrected chi connectivity index (χ2v) is 27.4. The Balaban J connectivity index is 5.48. The number of phosphoric acid groups is 2. The predicted molar refractivity (Wildman–Crippen MR) is 399 cm³/mol. The molecule has 0 aromatic rings. The summed E-state index contributed by atoms with van der Waals surface area (Å²) in [6.07, 6.45) is 78.0. The van der Waals surface area contributed by atoms with Crippen LogP contribution in [0.25, 0.3) is 0 Å². The molecule has 560 valence electrons. The number of aliphatic hydroxyl groups excluding tert-OH is 1. The Hall–Kier alpha value is -4.80. The molecule has 0 amide bonds. The van der Waals surface area contributed by atoms with Gasteiger partial charge < -0.3 is 33.8 Å². The van der Waals surface area contributed by atoms with Gasteiger partial charge in [-0.3, -0.25) is 37.3 Å². The molecule has 0 aliphatic rings. The third-order valence-electron chi connectivity index (χ3n) is 15.2. The molecular formula is C79H132O17P2. The molecule has 0 aliphatic heterocycles. The standard InChI is InChI=1S/C79H132O17P2/c1-5-9-13-17-21-25-29-33-36-40-43-47-51-55-59-63-76(81)89-69-74(95-78(83)65-61-57-53-49-45-39-32-28-24-20-16-12-8-4)71-93-97(85,86)91-67-73(80)68-92-98(87,88)94-72-75(96-79(84)66-62-58-54-50-46-42-38-35-31-27-23-19-15-11-7-3)70-90-77(82)64-60-56-52-48-44-41-37-34-30-26-22-18-14-10-6-2/h10-11,14-15,22-23,26-27,33-38,44,46,48,50,56,58,60,62,73-75,80H,5-9,12-13,16-21,24-25,28-32,39-43,45,47,49,51-55,57,59,61,63-72H2,1-4H3,(H,85,86)(H,87,88)/b14-10-,15-11-,26-22-,27-23-,36-33-,37-34-,38-35-,48-44-,50-46-,60-56-,62-58-. The minimum atomic E-state index is -5.02. The van der Waals surface area contributed by atoms with Crippen LogP contribution in [0, 0.1) is 0 Å². The molecule has 0 radical (unpaired) electrons. The van der Waals surface area contributed by atoms with Crippen LogP contribution in [0.3, 0.4) is 0 Å². The van der Waals surface area contributed by atoms with Gasteiger partial charge in [0, 0.05) is 12.8 Å². The van der Waals surface area contributed by atoms with Crippen molar-refractivity contribution in [2.45, 2.75) is 303 Å². The third kappa shape index (κ3) is 69.7. The van der Waals surface area contributed by atoms with Crippen LogP contribution in [0.1, 0.15) is 285 Å². The van der Waals surface area contributed by atoms with Crippen LogP contribution in [0.2, 0.25) is 0 Å². The Morgan fingerprint density at radius 1 is 0.306 bits per heavy atom. The van der Waals surface area contributed by atoms with E-state index >= 15 is 0 Å². The molecule has 0 aromatic carbocycles. The van der Waals surface area contributed by atoms with E-state index in [9.17, 15) is 43.2 Å². The molecule has 5 unspecified atom stereocenters. The highest BCUT2D eigenvalue weighted by atomic mass is 31.2. The molecule has 5 atom stereocenters. The monoisotopic (exact) mass is 1410 g/mol. The first-order valence-corrected chi connectivity index (χ1v) is 40.4. The number of rotatable bonds is 69. The van der Waals surface area contributed by atoms with Gasteiger partial charge in [-0.1, -0.05) is 290 Å². The van der Waals surface area contributed by atoms with Crippen LogP contribution in [0.15, 0.2) is 134 Å². The zero-order chi connectivity index (χ0) is 71.8. The van der Waals surface area contributed by atoms with Crippen LogP contribution in [0.5, 0.6) is 0 Å².